The van der Waals surface area contributed by atoms with E-state index in [4.69, 9.17) is 4.74 Å². The third-order valence-corrected chi connectivity index (χ3v) is 3.12. The van der Waals surface area contributed by atoms with E-state index in [9.17, 15) is 20.0 Å². The predicted molar refractivity (Wildman–Crippen MR) is 85.0 cm³/mol. The van der Waals surface area contributed by atoms with Gasteiger partial charge in [-0.1, -0.05) is 23.9 Å². The van der Waals surface area contributed by atoms with Crippen LogP contribution < -0.4 is 15.3 Å². The van der Waals surface area contributed by atoms with Crippen molar-refractivity contribution in [3.63, 3.8) is 0 Å². The molecule has 24 heavy (non-hydrogen) atoms. The molecule has 0 aliphatic rings. The number of rotatable bonds is 6. The van der Waals surface area contributed by atoms with Crippen molar-refractivity contribution < 1.29 is 19.6 Å². The van der Waals surface area contributed by atoms with Gasteiger partial charge in [-0.15, -0.1) is 0 Å². The third kappa shape index (κ3) is 4.54. The number of amides is 1. The maximum Gasteiger partial charge on any atom is 0.270 e. The van der Waals surface area contributed by atoms with E-state index in [0.29, 0.717) is 5.75 Å². The van der Waals surface area contributed by atoms with Crippen molar-refractivity contribution in [2.24, 2.45) is 5.10 Å². The van der Waals surface area contributed by atoms with E-state index in [-0.39, 0.29) is 23.6 Å². The van der Waals surface area contributed by atoms with E-state index in [1.807, 2.05) is 0 Å². The molecule has 124 valence electrons. The molecule has 0 spiro atoms. The summed E-state index contributed by atoms with van der Waals surface area (Å²) in [4.78, 5) is 21.8. The van der Waals surface area contributed by atoms with Crippen LogP contribution >= 0.6 is 0 Å². The van der Waals surface area contributed by atoms with E-state index in [0.717, 1.165) is 30.0 Å². The molecule has 0 radical (unpaired) electrons. The Kier molecular flexibility index (Phi) is 5.45. The lowest BCUT2D eigenvalue weighted by atomic mass is 10.1. The van der Waals surface area contributed by atoms with Crippen molar-refractivity contribution in [1.82, 2.24) is 5.43 Å². The summed E-state index contributed by atoms with van der Waals surface area (Å²) < 4.78 is 5.02. The molecule has 0 bridgehead atoms. The van der Waals surface area contributed by atoms with Gasteiger partial charge in [0.1, 0.15) is 5.75 Å². The second-order valence-corrected chi connectivity index (χ2v) is 4.80. The lowest BCUT2D eigenvalue weighted by Gasteiger charge is -2.08. The largest absolute Gasteiger partial charge is 0.872 e. The van der Waals surface area contributed by atoms with Crippen LogP contribution in [0.25, 0.3) is 0 Å². The van der Waals surface area contributed by atoms with Crippen LogP contribution in [0.5, 0.6) is 11.5 Å². The van der Waals surface area contributed by atoms with Crippen LogP contribution in [-0.2, 0) is 11.2 Å². The number of carbonyl (C=O) groups excluding carboxylic acids is 1. The molecule has 0 aliphatic carbocycles. The number of nitro benzene ring substituents is 1. The maximum atomic E-state index is 11.8. The minimum atomic E-state index is -0.612. The van der Waals surface area contributed by atoms with Gasteiger partial charge in [0.05, 0.1) is 24.7 Å². The van der Waals surface area contributed by atoms with Crippen molar-refractivity contribution in [3.8, 4) is 11.5 Å². The van der Waals surface area contributed by atoms with Crippen molar-refractivity contribution in [2.45, 2.75) is 6.42 Å². The Morgan fingerprint density at radius 2 is 2.00 bits per heavy atom. The molecule has 1 N–H and O–H groups in total. The summed E-state index contributed by atoms with van der Waals surface area (Å²) in [7, 11) is 1.55. The zero-order chi connectivity index (χ0) is 17.5. The van der Waals surface area contributed by atoms with Gasteiger partial charge < -0.3 is 9.84 Å². The standard InChI is InChI=1S/C16H15N3O5/c1-24-14-5-2-11(3-6-14)8-16(21)18-17-10-12-9-13(19(22)23)4-7-15(12)20/h2-7,9-10,20H,8H2,1H3,(H,18,21)/p-1/b17-10-. The summed E-state index contributed by atoms with van der Waals surface area (Å²) in [5, 5.41) is 25.9. The zero-order valence-electron chi connectivity index (χ0n) is 12.8. The molecular weight excluding hydrogens is 314 g/mol. The SMILES string of the molecule is COc1ccc(CC(=O)N/N=C\c2cc([N+](=O)[O-])ccc2[O-])cc1. The van der Waals surface area contributed by atoms with Crippen LogP contribution in [0.2, 0.25) is 0 Å². The van der Waals surface area contributed by atoms with Crippen molar-refractivity contribution in [2.75, 3.05) is 7.11 Å². The van der Waals surface area contributed by atoms with Gasteiger partial charge in [-0.3, -0.25) is 14.9 Å². The highest BCUT2D eigenvalue weighted by molar-refractivity contribution is 5.86. The predicted octanol–water partition coefficient (Wildman–Crippen LogP) is 1.37. The number of carbonyl (C=O) groups is 1. The molecule has 8 heteroatoms. The Morgan fingerprint density at radius 3 is 2.62 bits per heavy atom. The van der Waals surface area contributed by atoms with Crippen molar-refractivity contribution in [3.05, 3.63) is 63.7 Å². The van der Waals surface area contributed by atoms with Gasteiger partial charge in [-0.2, -0.15) is 5.10 Å². The second kappa shape index (κ2) is 7.73. The topological polar surface area (TPSA) is 117 Å². The molecule has 0 atom stereocenters. The van der Waals surface area contributed by atoms with E-state index in [1.54, 1.807) is 31.4 Å². The number of nitrogens with zero attached hydrogens (tertiary/aromatic N) is 2. The van der Waals surface area contributed by atoms with Crippen molar-refractivity contribution >= 4 is 17.8 Å². The van der Waals surface area contributed by atoms with Crippen LogP contribution in [0.4, 0.5) is 5.69 Å². The van der Waals surface area contributed by atoms with Crippen molar-refractivity contribution in [1.29, 1.82) is 0 Å². The number of hydrogen-bond acceptors (Lipinski definition) is 6. The Bertz CT molecular complexity index is 772. The fraction of sp³-hybridized carbons (Fsp3) is 0.125. The van der Waals surface area contributed by atoms with Gasteiger partial charge in [0.15, 0.2) is 0 Å². The number of methoxy groups -OCH3 is 1. The molecule has 2 aromatic carbocycles. The van der Waals surface area contributed by atoms with E-state index < -0.39 is 10.7 Å². The molecule has 0 saturated heterocycles. The minimum absolute atomic E-state index is 0.0222. The zero-order valence-corrected chi connectivity index (χ0v) is 12.8. The first-order chi connectivity index (χ1) is 11.5. The van der Waals surface area contributed by atoms with Gasteiger partial charge >= 0.3 is 0 Å². The van der Waals surface area contributed by atoms with E-state index >= 15 is 0 Å². The summed E-state index contributed by atoms with van der Waals surface area (Å²) in [5.41, 5.74) is 2.84. The van der Waals surface area contributed by atoms with Crippen LogP contribution in [0.1, 0.15) is 11.1 Å². The third-order valence-electron chi connectivity index (χ3n) is 3.12. The minimum Gasteiger partial charge on any atom is -0.872 e. The van der Waals surface area contributed by atoms with E-state index in [1.165, 1.54) is 0 Å². The number of benzene rings is 2. The molecule has 0 heterocycles. The fourth-order valence-electron chi connectivity index (χ4n) is 1.89. The van der Waals surface area contributed by atoms with Gasteiger partial charge in [-0.05, 0) is 23.3 Å². The molecule has 0 aliphatic heterocycles. The summed E-state index contributed by atoms with van der Waals surface area (Å²) in [6.45, 7) is 0. The van der Waals surface area contributed by atoms with Crippen LogP contribution in [0.3, 0.4) is 0 Å². The molecule has 0 saturated carbocycles. The lowest BCUT2D eigenvalue weighted by Crippen LogP contribution is -2.19. The van der Waals surface area contributed by atoms with Crippen LogP contribution in [0, 0.1) is 10.1 Å². The Balaban J connectivity index is 1.96. The Hall–Kier alpha value is -3.42. The van der Waals surface area contributed by atoms with Gasteiger partial charge in [-0.25, -0.2) is 5.43 Å². The average molecular weight is 328 g/mol. The first kappa shape index (κ1) is 16.9. The monoisotopic (exact) mass is 328 g/mol. The van der Waals surface area contributed by atoms with Gasteiger partial charge in [0.25, 0.3) is 5.69 Å². The highest BCUT2D eigenvalue weighted by Gasteiger charge is 2.06. The smallest absolute Gasteiger partial charge is 0.270 e. The van der Waals surface area contributed by atoms with Gasteiger partial charge in [0.2, 0.25) is 5.91 Å². The highest BCUT2D eigenvalue weighted by atomic mass is 16.6. The summed E-state index contributed by atoms with van der Waals surface area (Å²) >= 11 is 0. The molecule has 0 fully saturated rings. The van der Waals surface area contributed by atoms with Crippen LogP contribution in [-0.4, -0.2) is 24.2 Å². The number of non-ortho nitro benzene ring substituents is 1. The Labute approximate surface area is 137 Å². The fourth-order valence-corrected chi connectivity index (χ4v) is 1.89. The van der Waals surface area contributed by atoms with Crippen LogP contribution in [0.15, 0.2) is 47.6 Å². The maximum absolute atomic E-state index is 11.8. The molecule has 0 aromatic heterocycles. The summed E-state index contributed by atoms with van der Waals surface area (Å²) in [5.74, 6) is -0.117. The molecule has 8 nitrogen and oxygen atoms in total. The van der Waals surface area contributed by atoms with E-state index in [2.05, 4.69) is 10.5 Å². The molecule has 2 aromatic rings. The number of ether oxygens (including phenoxy) is 1. The molecule has 1 amide bonds. The summed E-state index contributed by atoms with van der Waals surface area (Å²) in [6.07, 6.45) is 1.18. The first-order valence-corrected chi connectivity index (χ1v) is 6.90. The molecular formula is C16H14N3O5-. The lowest BCUT2D eigenvalue weighted by molar-refractivity contribution is -0.385. The highest BCUT2D eigenvalue weighted by Crippen LogP contribution is 2.19. The quantitative estimate of drug-likeness (QED) is 0.488. The summed E-state index contributed by atoms with van der Waals surface area (Å²) in [6, 6.07) is 10.3. The second-order valence-electron chi connectivity index (χ2n) is 4.80. The molecule has 2 rings (SSSR count). The molecule has 0 unspecified atom stereocenters. The normalized spacial score (nSPS) is 10.5. The number of hydrogen-bond donors (Lipinski definition) is 1. The van der Waals surface area contributed by atoms with Gasteiger partial charge in [0, 0.05) is 12.1 Å². The first-order valence-electron chi connectivity index (χ1n) is 6.90. The Morgan fingerprint density at radius 1 is 1.29 bits per heavy atom. The number of nitrogens with one attached hydrogen (secondary N) is 1. The number of nitro groups is 1. The number of hydrazone groups is 1. The average Bonchev–Trinajstić information content (AvgIpc) is 2.57.